The van der Waals surface area contributed by atoms with Crippen molar-refractivity contribution >= 4 is 40.1 Å². The molecule has 0 saturated carbocycles. The summed E-state index contributed by atoms with van der Waals surface area (Å²) in [4.78, 5) is 24.1. The molecular formula is C19H17NO3S. The third-order valence-corrected chi connectivity index (χ3v) is 4.30. The third-order valence-electron chi connectivity index (χ3n) is 3.72. The number of thioether (sulfide) groups is 1. The van der Waals surface area contributed by atoms with E-state index in [-0.39, 0.29) is 11.7 Å². The minimum absolute atomic E-state index is 0.0436. The molecule has 0 radical (unpaired) electrons. The molecule has 0 saturated heterocycles. The molecule has 0 aliphatic heterocycles. The number of rotatable bonds is 5. The fourth-order valence-corrected chi connectivity index (χ4v) is 3.15. The fraction of sp³-hybridized carbons (Fsp3) is 0.158. The molecule has 5 heteroatoms. The van der Waals surface area contributed by atoms with Crippen LogP contribution in [0, 0.1) is 0 Å². The van der Waals surface area contributed by atoms with E-state index >= 15 is 0 Å². The number of carbonyl (C=O) groups excluding carboxylic acids is 2. The standard InChI is InChI=1S/C19H17NO3S/c1-12(21)13-6-5-7-14(10-13)20-19(22)18-16(11-24-2)15-8-3-4-9-17(15)23-18/h3-10H,11H2,1-2H3,(H,20,22). The first-order valence-electron chi connectivity index (χ1n) is 7.52. The van der Waals surface area contributed by atoms with Gasteiger partial charge in [0.1, 0.15) is 5.58 Å². The first-order chi connectivity index (χ1) is 11.6. The zero-order valence-corrected chi connectivity index (χ0v) is 14.3. The summed E-state index contributed by atoms with van der Waals surface area (Å²) in [6.07, 6.45) is 1.99. The molecule has 0 spiro atoms. The molecule has 1 aromatic heterocycles. The molecule has 0 unspecified atom stereocenters. The highest BCUT2D eigenvalue weighted by molar-refractivity contribution is 7.97. The molecule has 0 bridgehead atoms. The molecule has 0 fully saturated rings. The zero-order valence-electron chi connectivity index (χ0n) is 13.5. The maximum absolute atomic E-state index is 12.7. The Bertz CT molecular complexity index is 914. The van der Waals surface area contributed by atoms with Gasteiger partial charge in [0.2, 0.25) is 0 Å². The van der Waals surface area contributed by atoms with Crippen molar-refractivity contribution in [1.82, 2.24) is 0 Å². The van der Waals surface area contributed by atoms with E-state index in [1.165, 1.54) is 6.92 Å². The average Bonchev–Trinajstić information content (AvgIpc) is 2.94. The molecule has 3 rings (SSSR count). The first-order valence-corrected chi connectivity index (χ1v) is 8.91. The summed E-state index contributed by atoms with van der Waals surface area (Å²) >= 11 is 1.63. The Morgan fingerprint density at radius 3 is 2.67 bits per heavy atom. The Kier molecular flexibility index (Phi) is 4.71. The smallest absolute Gasteiger partial charge is 0.291 e. The molecule has 0 atom stereocenters. The van der Waals surface area contributed by atoms with Crippen molar-refractivity contribution in [3.63, 3.8) is 0 Å². The second-order valence-electron chi connectivity index (χ2n) is 5.43. The molecule has 1 N–H and O–H groups in total. The third kappa shape index (κ3) is 3.21. The molecule has 1 amide bonds. The van der Waals surface area contributed by atoms with Gasteiger partial charge in [0.25, 0.3) is 5.91 Å². The van der Waals surface area contributed by atoms with Crippen LogP contribution in [0.2, 0.25) is 0 Å². The summed E-state index contributed by atoms with van der Waals surface area (Å²) in [6.45, 7) is 1.50. The van der Waals surface area contributed by atoms with Crippen LogP contribution in [0.3, 0.4) is 0 Å². The molecule has 0 aliphatic carbocycles. The molecule has 1 heterocycles. The van der Waals surface area contributed by atoms with Crippen LogP contribution in [-0.4, -0.2) is 17.9 Å². The van der Waals surface area contributed by atoms with Crippen molar-refractivity contribution in [3.05, 3.63) is 65.4 Å². The van der Waals surface area contributed by atoms with E-state index in [1.807, 2.05) is 30.5 Å². The number of furan rings is 1. The zero-order chi connectivity index (χ0) is 17.1. The normalized spacial score (nSPS) is 10.8. The number of amides is 1. The van der Waals surface area contributed by atoms with E-state index in [9.17, 15) is 9.59 Å². The Labute approximate surface area is 144 Å². The van der Waals surface area contributed by atoms with Crippen LogP contribution in [-0.2, 0) is 5.75 Å². The number of Topliss-reactive ketones (excluding diaryl/α,β-unsaturated/α-hetero) is 1. The van der Waals surface area contributed by atoms with Gasteiger partial charge in [0.05, 0.1) is 0 Å². The fourth-order valence-electron chi connectivity index (χ4n) is 2.57. The van der Waals surface area contributed by atoms with Crippen LogP contribution in [0.5, 0.6) is 0 Å². The van der Waals surface area contributed by atoms with E-state index in [1.54, 1.807) is 36.0 Å². The molecule has 0 aliphatic rings. The van der Waals surface area contributed by atoms with E-state index in [0.29, 0.717) is 28.3 Å². The quantitative estimate of drug-likeness (QED) is 0.681. The Balaban J connectivity index is 1.95. The number of hydrogen-bond donors (Lipinski definition) is 1. The Morgan fingerprint density at radius 2 is 1.92 bits per heavy atom. The first kappa shape index (κ1) is 16.3. The van der Waals surface area contributed by atoms with Gasteiger partial charge < -0.3 is 9.73 Å². The SMILES string of the molecule is CSCc1c(C(=O)Nc2cccc(C(C)=O)c2)oc2ccccc12. The summed E-state index contributed by atoms with van der Waals surface area (Å²) < 4.78 is 5.77. The highest BCUT2D eigenvalue weighted by Gasteiger charge is 2.20. The number of para-hydroxylation sites is 1. The molecule has 4 nitrogen and oxygen atoms in total. The number of nitrogens with one attached hydrogen (secondary N) is 1. The van der Waals surface area contributed by atoms with Gasteiger partial charge in [-0.1, -0.05) is 30.3 Å². The summed E-state index contributed by atoms with van der Waals surface area (Å²) in [5, 5.41) is 3.77. The van der Waals surface area contributed by atoms with Crippen molar-refractivity contribution in [1.29, 1.82) is 0 Å². The van der Waals surface area contributed by atoms with Gasteiger partial charge in [-0.15, -0.1) is 0 Å². The van der Waals surface area contributed by atoms with Gasteiger partial charge in [-0.25, -0.2) is 0 Å². The van der Waals surface area contributed by atoms with Gasteiger partial charge in [-0.2, -0.15) is 11.8 Å². The highest BCUT2D eigenvalue weighted by atomic mass is 32.2. The molecule has 3 aromatic rings. The molecular weight excluding hydrogens is 322 g/mol. The van der Waals surface area contributed by atoms with Crippen molar-refractivity contribution in [2.24, 2.45) is 0 Å². The van der Waals surface area contributed by atoms with Crippen LogP contribution in [0.25, 0.3) is 11.0 Å². The lowest BCUT2D eigenvalue weighted by Gasteiger charge is -2.06. The van der Waals surface area contributed by atoms with Crippen molar-refractivity contribution in [3.8, 4) is 0 Å². The summed E-state index contributed by atoms with van der Waals surface area (Å²) in [6, 6.07) is 14.5. The van der Waals surface area contributed by atoms with Gasteiger partial charge >= 0.3 is 0 Å². The predicted molar refractivity (Wildman–Crippen MR) is 97.8 cm³/mol. The van der Waals surface area contributed by atoms with Crippen LogP contribution in [0.15, 0.2) is 52.9 Å². The van der Waals surface area contributed by atoms with E-state index < -0.39 is 0 Å². The maximum Gasteiger partial charge on any atom is 0.291 e. The Morgan fingerprint density at radius 1 is 1.12 bits per heavy atom. The number of benzene rings is 2. The molecule has 2 aromatic carbocycles. The van der Waals surface area contributed by atoms with Gasteiger partial charge in [0.15, 0.2) is 11.5 Å². The minimum atomic E-state index is -0.309. The topological polar surface area (TPSA) is 59.3 Å². The van der Waals surface area contributed by atoms with E-state index in [0.717, 1.165) is 10.9 Å². The van der Waals surface area contributed by atoms with Gasteiger partial charge in [-0.05, 0) is 31.4 Å². The summed E-state index contributed by atoms with van der Waals surface area (Å²) in [5.41, 5.74) is 2.72. The minimum Gasteiger partial charge on any atom is -0.451 e. The lowest BCUT2D eigenvalue weighted by atomic mass is 10.1. The molecule has 24 heavy (non-hydrogen) atoms. The second-order valence-corrected chi connectivity index (χ2v) is 6.30. The largest absolute Gasteiger partial charge is 0.451 e. The summed E-state index contributed by atoms with van der Waals surface area (Å²) in [7, 11) is 0. The average molecular weight is 339 g/mol. The second kappa shape index (κ2) is 6.93. The Hall–Kier alpha value is -2.53. The number of fused-ring (bicyclic) bond motifs is 1. The van der Waals surface area contributed by atoms with Crippen molar-refractivity contribution < 1.29 is 14.0 Å². The van der Waals surface area contributed by atoms with Crippen molar-refractivity contribution in [2.45, 2.75) is 12.7 Å². The number of carbonyl (C=O) groups is 2. The van der Waals surface area contributed by atoms with Gasteiger partial charge in [0, 0.05) is 28.0 Å². The maximum atomic E-state index is 12.7. The van der Waals surface area contributed by atoms with Crippen LogP contribution in [0.4, 0.5) is 5.69 Å². The number of ketones is 1. The highest BCUT2D eigenvalue weighted by Crippen LogP contribution is 2.29. The van der Waals surface area contributed by atoms with Crippen LogP contribution >= 0.6 is 11.8 Å². The number of hydrogen-bond acceptors (Lipinski definition) is 4. The summed E-state index contributed by atoms with van der Waals surface area (Å²) in [5.74, 6) is 0.653. The van der Waals surface area contributed by atoms with Crippen LogP contribution in [0.1, 0.15) is 33.4 Å². The molecule has 122 valence electrons. The number of anilines is 1. The van der Waals surface area contributed by atoms with E-state index in [2.05, 4.69) is 5.32 Å². The predicted octanol–water partition coefficient (Wildman–Crippen LogP) is 4.75. The van der Waals surface area contributed by atoms with Gasteiger partial charge in [-0.3, -0.25) is 9.59 Å². The van der Waals surface area contributed by atoms with Crippen molar-refractivity contribution in [2.75, 3.05) is 11.6 Å². The van der Waals surface area contributed by atoms with Crippen LogP contribution < -0.4 is 5.32 Å². The monoisotopic (exact) mass is 339 g/mol. The lowest BCUT2D eigenvalue weighted by Crippen LogP contribution is -2.13. The van der Waals surface area contributed by atoms with E-state index in [4.69, 9.17) is 4.42 Å². The lowest BCUT2D eigenvalue weighted by molar-refractivity contribution is 0.0993.